The predicted octanol–water partition coefficient (Wildman–Crippen LogP) is 3.59. The Labute approximate surface area is 90.7 Å². The molecule has 1 aromatic carbocycles. The van der Waals surface area contributed by atoms with Gasteiger partial charge < -0.3 is 5.11 Å². The zero-order valence-corrected chi connectivity index (χ0v) is 9.46. The van der Waals surface area contributed by atoms with Crippen LogP contribution in [0.15, 0.2) is 24.3 Å². The molecule has 0 aliphatic rings. The lowest BCUT2D eigenvalue weighted by Gasteiger charge is -2.16. The number of phenols is 1. The van der Waals surface area contributed by atoms with Gasteiger partial charge in [0.05, 0.1) is 0 Å². The van der Waals surface area contributed by atoms with Crippen molar-refractivity contribution in [3.05, 3.63) is 29.8 Å². The van der Waals surface area contributed by atoms with Gasteiger partial charge >= 0.3 is 0 Å². The van der Waals surface area contributed by atoms with Crippen LogP contribution < -0.4 is 0 Å². The minimum Gasteiger partial charge on any atom is -0.508 e. The second-order valence-corrected chi connectivity index (χ2v) is 4.33. The third-order valence-corrected chi connectivity index (χ3v) is 3.24. The van der Waals surface area contributed by atoms with Crippen molar-refractivity contribution in [1.82, 2.24) is 0 Å². The van der Waals surface area contributed by atoms with Crippen LogP contribution in [-0.4, -0.2) is 10.5 Å². The Kier molecular flexibility index (Phi) is 4.27. The van der Waals surface area contributed by atoms with Crippen molar-refractivity contribution in [2.45, 2.75) is 32.1 Å². The maximum Gasteiger partial charge on any atom is 0.115 e. The summed E-state index contributed by atoms with van der Waals surface area (Å²) in [7, 11) is 0. The van der Waals surface area contributed by atoms with E-state index in [1.807, 2.05) is 12.1 Å². The first-order chi connectivity index (χ1) is 6.63. The Bertz CT molecular complexity index is 268. The summed E-state index contributed by atoms with van der Waals surface area (Å²) < 4.78 is 0. The standard InChI is InChI=1S/C12H17ClO/c1-3-12(13)9(2)8-10-4-6-11(14)7-5-10/h4-7,9,12,14H,3,8H2,1-2H3. The summed E-state index contributed by atoms with van der Waals surface area (Å²) >= 11 is 6.15. The predicted molar refractivity (Wildman–Crippen MR) is 60.9 cm³/mol. The van der Waals surface area contributed by atoms with E-state index in [1.54, 1.807) is 12.1 Å². The van der Waals surface area contributed by atoms with Crippen LogP contribution in [0.1, 0.15) is 25.8 Å². The minimum absolute atomic E-state index is 0.240. The molecule has 2 atom stereocenters. The zero-order chi connectivity index (χ0) is 10.6. The Morgan fingerprint density at radius 2 is 1.86 bits per heavy atom. The van der Waals surface area contributed by atoms with Crippen LogP contribution in [0.5, 0.6) is 5.75 Å². The van der Waals surface area contributed by atoms with Gasteiger partial charge in [-0.3, -0.25) is 0 Å². The molecule has 0 saturated heterocycles. The van der Waals surface area contributed by atoms with Crippen molar-refractivity contribution < 1.29 is 5.11 Å². The number of rotatable bonds is 4. The fourth-order valence-corrected chi connectivity index (χ4v) is 1.62. The van der Waals surface area contributed by atoms with E-state index in [4.69, 9.17) is 16.7 Å². The lowest BCUT2D eigenvalue weighted by molar-refractivity contribution is 0.474. The molecule has 1 rings (SSSR count). The molecule has 78 valence electrons. The summed E-state index contributed by atoms with van der Waals surface area (Å²) in [4.78, 5) is 0. The molecule has 0 radical (unpaired) electrons. The molecule has 0 aliphatic carbocycles. The maximum absolute atomic E-state index is 9.12. The van der Waals surface area contributed by atoms with Gasteiger partial charge in [-0.1, -0.05) is 26.0 Å². The summed E-state index contributed by atoms with van der Waals surface area (Å²) in [6, 6.07) is 7.34. The molecular formula is C12H17ClO. The first kappa shape index (κ1) is 11.4. The topological polar surface area (TPSA) is 20.2 Å². The Balaban J connectivity index is 2.56. The van der Waals surface area contributed by atoms with E-state index in [0.29, 0.717) is 11.7 Å². The van der Waals surface area contributed by atoms with Crippen molar-refractivity contribution in [3.63, 3.8) is 0 Å². The van der Waals surface area contributed by atoms with Gasteiger partial charge in [0.15, 0.2) is 0 Å². The van der Waals surface area contributed by atoms with Gasteiger partial charge in [0.1, 0.15) is 5.75 Å². The van der Waals surface area contributed by atoms with E-state index < -0.39 is 0 Å². The van der Waals surface area contributed by atoms with Gasteiger partial charge in [0.2, 0.25) is 0 Å². The normalized spacial score (nSPS) is 15.1. The lowest BCUT2D eigenvalue weighted by Crippen LogP contribution is -2.12. The van der Waals surface area contributed by atoms with E-state index in [9.17, 15) is 0 Å². The van der Waals surface area contributed by atoms with Crippen LogP contribution >= 0.6 is 11.6 Å². The molecule has 2 unspecified atom stereocenters. The van der Waals surface area contributed by atoms with E-state index in [-0.39, 0.29) is 5.38 Å². The molecule has 0 heterocycles. The number of benzene rings is 1. The van der Waals surface area contributed by atoms with Crippen molar-refractivity contribution in [3.8, 4) is 5.75 Å². The summed E-state index contributed by atoms with van der Waals surface area (Å²) in [5.41, 5.74) is 1.23. The largest absolute Gasteiger partial charge is 0.508 e. The fourth-order valence-electron chi connectivity index (χ4n) is 1.53. The molecule has 1 aromatic rings. The van der Waals surface area contributed by atoms with E-state index in [2.05, 4.69) is 13.8 Å². The Hall–Kier alpha value is -0.690. The maximum atomic E-state index is 9.12. The van der Waals surface area contributed by atoms with Crippen LogP contribution in [0.25, 0.3) is 0 Å². The quantitative estimate of drug-likeness (QED) is 0.757. The number of hydrogen-bond acceptors (Lipinski definition) is 1. The van der Waals surface area contributed by atoms with Crippen LogP contribution in [0, 0.1) is 5.92 Å². The highest BCUT2D eigenvalue weighted by Gasteiger charge is 2.12. The van der Waals surface area contributed by atoms with Gasteiger partial charge in [0, 0.05) is 5.38 Å². The number of aromatic hydroxyl groups is 1. The minimum atomic E-state index is 0.240. The van der Waals surface area contributed by atoms with Crippen molar-refractivity contribution in [2.24, 2.45) is 5.92 Å². The molecule has 0 aromatic heterocycles. The van der Waals surface area contributed by atoms with E-state index in [0.717, 1.165) is 12.8 Å². The molecule has 2 heteroatoms. The van der Waals surface area contributed by atoms with Gasteiger partial charge in [-0.2, -0.15) is 0 Å². The molecule has 1 nitrogen and oxygen atoms in total. The zero-order valence-electron chi connectivity index (χ0n) is 8.70. The third-order valence-electron chi connectivity index (χ3n) is 2.50. The van der Waals surface area contributed by atoms with Crippen LogP contribution in [0.3, 0.4) is 0 Å². The van der Waals surface area contributed by atoms with E-state index in [1.165, 1.54) is 5.56 Å². The number of hydrogen-bond donors (Lipinski definition) is 1. The monoisotopic (exact) mass is 212 g/mol. The SMILES string of the molecule is CCC(Cl)C(C)Cc1ccc(O)cc1. The van der Waals surface area contributed by atoms with Crippen molar-refractivity contribution >= 4 is 11.6 Å². The molecule has 0 fully saturated rings. The first-order valence-corrected chi connectivity index (χ1v) is 5.49. The fraction of sp³-hybridized carbons (Fsp3) is 0.500. The average molecular weight is 213 g/mol. The van der Waals surface area contributed by atoms with Crippen molar-refractivity contribution in [2.75, 3.05) is 0 Å². The Morgan fingerprint density at radius 3 is 2.36 bits per heavy atom. The molecule has 0 bridgehead atoms. The molecule has 0 spiro atoms. The summed E-state index contributed by atoms with van der Waals surface area (Å²) in [6.45, 7) is 4.26. The molecule has 0 amide bonds. The molecule has 1 N–H and O–H groups in total. The highest BCUT2D eigenvalue weighted by Crippen LogP contribution is 2.20. The number of phenolic OH excluding ortho intramolecular Hbond substituents is 1. The van der Waals surface area contributed by atoms with Gasteiger partial charge in [-0.05, 0) is 36.5 Å². The molecule has 14 heavy (non-hydrogen) atoms. The summed E-state index contributed by atoms with van der Waals surface area (Å²) in [5.74, 6) is 0.797. The summed E-state index contributed by atoms with van der Waals surface area (Å²) in [5, 5.41) is 9.36. The first-order valence-electron chi connectivity index (χ1n) is 5.05. The second-order valence-electron chi connectivity index (χ2n) is 3.77. The number of halogens is 1. The second kappa shape index (κ2) is 5.26. The van der Waals surface area contributed by atoms with Crippen molar-refractivity contribution in [1.29, 1.82) is 0 Å². The van der Waals surface area contributed by atoms with E-state index >= 15 is 0 Å². The Morgan fingerprint density at radius 1 is 1.29 bits per heavy atom. The lowest BCUT2D eigenvalue weighted by atomic mass is 9.96. The van der Waals surface area contributed by atoms with Gasteiger partial charge in [-0.15, -0.1) is 11.6 Å². The van der Waals surface area contributed by atoms with Gasteiger partial charge in [-0.25, -0.2) is 0 Å². The van der Waals surface area contributed by atoms with Crippen LogP contribution in [-0.2, 0) is 6.42 Å². The van der Waals surface area contributed by atoms with Crippen LogP contribution in [0.4, 0.5) is 0 Å². The van der Waals surface area contributed by atoms with Gasteiger partial charge in [0.25, 0.3) is 0 Å². The number of alkyl halides is 1. The highest BCUT2D eigenvalue weighted by atomic mass is 35.5. The molecule has 0 aliphatic heterocycles. The smallest absolute Gasteiger partial charge is 0.115 e. The highest BCUT2D eigenvalue weighted by molar-refractivity contribution is 6.20. The third kappa shape index (κ3) is 3.22. The molecule has 0 saturated carbocycles. The summed E-state index contributed by atoms with van der Waals surface area (Å²) in [6.07, 6.45) is 1.98. The van der Waals surface area contributed by atoms with Crippen LogP contribution in [0.2, 0.25) is 0 Å². The molecular weight excluding hydrogens is 196 g/mol. The average Bonchev–Trinajstić information content (AvgIpc) is 2.20.